The molecule has 0 atom stereocenters. The standard InChI is InChI=1S/C19H22N6S.2ClH/c20-14-8-13(9-14)15-10-17(25-19(21)24-15)22-7-6-18-23-16(11-26-18)12-4-2-1-3-5-12;;/h1-5,10-11,13-14H,6-9,20H2,(H3,21,22,24,25);2*1H. The van der Waals surface area contributed by atoms with Crippen LogP contribution in [-0.2, 0) is 6.42 Å². The van der Waals surface area contributed by atoms with Crippen molar-refractivity contribution in [1.82, 2.24) is 15.0 Å². The van der Waals surface area contributed by atoms with Crippen molar-refractivity contribution in [2.24, 2.45) is 5.73 Å². The summed E-state index contributed by atoms with van der Waals surface area (Å²) in [5.41, 5.74) is 14.9. The monoisotopic (exact) mass is 438 g/mol. The number of nitrogen functional groups attached to an aromatic ring is 1. The molecule has 2 heterocycles. The van der Waals surface area contributed by atoms with Crippen LogP contribution in [0.25, 0.3) is 11.3 Å². The molecule has 3 aromatic rings. The Morgan fingerprint density at radius 2 is 1.82 bits per heavy atom. The van der Waals surface area contributed by atoms with E-state index in [1.165, 1.54) is 0 Å². The molecule has 0 aliphatic heterocycles. The molecule has 1 aliphatic rings. The number of thiazole rings is 1. The normalized spacial score (nSPS) is 17.8. The minimum Gasteiger partial charge on any atom is -0.369 e. The van der Waals surface area contributed by atoms with Gasteiger partial charge in [-0.25, -0.2) is 9.97 Å². The van der Waals surface area contributed by atoms with E-state index in [1.54, 1.807) is 11.3 Å². The Morgan fingerprint density at radius 3 is 2.54 bits per heavy atom. The molecule has 1 aliphatic carbocycles. The van der Waals surface area contributed by atoms with Crippen LogP contribution in [0.1, 0.15) is 29.5 Å². The highest BCUT2D eigenvalue weighted by Gasteiger charge is 2.29. The topological polar surface area (TPSA) is 103 Å². The number of halogens is 2. The Kier molecular flexibility index (Phi) is 8.00. The first-order valence-electron chi connectivity index (χ1n) is 8.81. The SMILES string of the molecule is Cl.Cl.Nc1nc(NCCc2nc(-c3ccccc3)cs2)cc(C2CC(N)C2)n1. The quantitative estimate of drug-likeness (QED) is 0.539. The zero-order chi connectivity index (χ0) is 17.9. The van der Waals surface area contributed by atoms with Crippen LogP contribution in [-0.4, -0.2) is 27.5 Å². The van der Waals surface area contributed by atoms with E-state index in [2.05, 4.69) is 32.8 Å². The smallest absolute Gasteiger partial charge is 0.222 e. The van der Waals surface area contributed by atoms with Gasteiger partial charge in [0.25, 0.3) is 0 Å². The molecule has 0 bridgehead atoms. The van der Waals surface area contributed by atoms with Gasteiger partial charge in [-0.05, 0) is 12.8 Å². The lowest BCUT2D eigenvalue weighted by Gasteiger charge is -2.32. The molecular weight excluding hydrogens is 415 g/mol. The summed E-state index contributed by atoms with van der Waals surface area (Å²) in [6.07, 6.45) is 2.78. The fourth-order valence-electron chi connectivity index (χ4n) is 3.15. The van der Waals surface area contributed by atoms with Gasteiger partial charge in [-0.2, -0.15) is 4.98 Å². The zero-order valence-electron chi connectivity index (χ0n) is 15.2. The van der Waals surface area contributed by atoms with E-state index in [4.69, 9.17) is 16.5 Å². The molecule has 1 saturated carbocycles. The maximum Gasteiger partial charge on any atom is 0.222 e. The van der Waals surface area contributed by atoms with Crippen molar-refractivity contribution in [3.63, 3.8) is 0 Å². The van der Waals surface area contributed by atoms with Crippen molar-refractivity contribution in [3.8, 4) is 11.3 Å². The largest absolute Gasteiger partial charge is 0.369 e. The number of hydrogen-bond donors (Lipinski definition) is 3. The molecule has 150 valence electrons. The van der Waals surface area contributed by atoms with Gasteiger partial charge >= 0.3 is 0 Å². The highest BCUT2D eigenvalue weighted by Crippen LogP contribution is 2.35. The summed E-state index contributed by atoms with van der Waals surface area (Å²) < 4.78 is 0. The first-order chi connectivity index (χ1) is 12.7. The van der Waals surface area contributed by atoms with Crippen molar-refractivity contribution in [2.75, 3.05) is 17.6 Å². The van der Waals surface area contributed by atoms with Gasteiger partial charge in [0.05, 0.1) is 16.4 Å². The number of anilines is 2. The van der Waals surface area contributed by atoms with Crippen LogP contribution in [0.2, 0.25) is 0 Å². The summed E-state index contributed by atoms with van der Waals surface area (Å²) in [6.45, 7) is 0.752. The third-order valence-corrected chi connectivity index (χ3v) is 5.53. The van der Waals surface area contributed by atoms with Crippen LogP contribution in [0.15, 0.2) is 41.8 Å². The summed E-state index contributed by atoms with van der Waals surface area (Å²) >= 11 is 1.68. The summed E-state index contributed by atoms with van der Waals surface area (Å²) in [4.78, 5) is 13.4. The number of nitrogens with one attached hydrogen (secondary N) is 1. The van der Waals surface area contributed by atoms with Crippen molar-refractivity contribution < 1.29 is 0 Å². The lowest BCUT2D eigenvalue weighted by atomic mass is 9.78. The summed E-state index contributed by atoms with van der Waals surface area (Å²) in [5.74, 6) is 1.49. The van der Waals surface area contributed by atoms with Crippen LogP contribution >= 0.6 is 36.2 Å². The minimum atomic E-state index is 0. The van der Waals surface area contributed by atoms with Gasteiger partial charge in [0, 0.05) is 41.9 Å². The first-order valence-corrected chi connectivity index (χ1v) is 9.69. The third-order valence-electron chi connectivity index (χ3n) is 4.62. The van der Waals surface area contributed by atoms with Crippen LogP contribution in [0, 0.1) is 0 Å². The number of rotatable bonds is 6. The predicted molar refractivity (Wildman–Crippen MR) is 121 cm³/mol. The fraction of sp³-hybridized carbons (Fsp3) is 0.316. The molecule has 5 N–H and O–H groups in total. The number of benzene rings is 1. The van der Waals surface area contributed by atoms with Gasteiger partial charge in [-0.3, -0.25) is 0 Å². The summed E-state index contributed by atoms with van der Waals surface area (Å²) in [7, 11) is 0. The lowest BCUT2D eigenvalue weighted by Crippen LogP contribution is -2.35. The average Bonchev–Trinajstić information content (AvgIpc) is 3.08. The van der Waals surface area contributed by atoms with E-state index in [0.717, 1.165) is 53.6 Å². The molecule has 0 spiro atoms. The first kappa shape index (κ1) is 22.4. The molecule has 1 fully saturated rings. The van der Waals surface area contributed by atoms with Crippen LogP contribution in [0.3, 0.4) is 0 Å². The van der Waals surface area contributed by atoms with Gasteiger partial charge in [0.2, 0.25) is 5.95 Å². The van der Waals surface area contributed by atoms with E-state index < -0.39 is 0 Å². The predicted octanol–water partition coefficient (Wildman–Crippen LogP) is 3.89. The molecule has 0 radical (unpaired) electrons. The average molecular weight is 439 g/mol. The number of aromatic nitrogens is 3. The molecule has 2 aromatic heterocycles. The summed E-state index contributed by atoms with van der Waals surface area (Å²) in [5, 5.41) is 6.54. The lowest BCUT2D eigenvalue weighted by molar-refractivity contribution is 0.345. The van der Waals surface area contributed by atoms with Crippen molar-refractivity contribution in [3.05, 3.63) is 52.5 Å². The van der Waals surface area contributed by atoms with Gasteiger partial charge in [0.1, 0.15) is 5.82 Å². The fourth-order valence-corrected chi connectivity index (χ4v) is 3.96. The van der Waals surface area contributed by atoms with Crippen molar-refractivity contribution in [1.29, 1.82) is 0 Å². The Labute approximate surface area is 181 Å². The van der Waals surface area contributed by atoms with E-state index >= 15 is 0 Å². The molecular formula is C19H24Cl2N6S. The van der Waals surface area contributed by atoms with Gasteiger partial charge < -0.3 is 16.8 Å². The molecule has 6 nitrogen and oxygen atoms in total. The Balaban J connectivity index is 0.00000140. The van der Waals surface area contributed by atoms with E-state index in [9.17, 15) is 0 Å². The second-order valence-corrected chi connectivity index (χ2v) is 7.58. The Hall–Kier alpha value is -1.93. The number of nitrogens with two attached hydrogens (primary N) is 2. The molecule has 1 aromatic carbocycles. The highest BCUT2D eigenvalue weighted by molar-refractivity contribution is 7.09. The number of nitrogens with zero attached hydrogens (tertiary/aromatic N) is 3. The van der Waals surface area contributed by atoms with Gasteiger partial charge in [-0.1, -0.05) is 30.3 Å². The highest BCUT2D eigenvalue weighted by atomic mass is 35.5. The van der Waals surface area contributed by atoms with Crippen LogP contribution in [0.5, 0.6) is 0 Å². The molecule has 28 heavy (non-hydrogen) atoms. The van der Waals surface area contributed by atoms with Crippen molar-refractivity contribution in [2.45, 2.75) is 31.2 Å². The number of hydrogen-bond acceptors (Lipinski definition) is 7. The maximum atomic E-state index is 5.87. The Morgan fingerprint density at radius 1 is 1.07 bits per heavy atom. The van der Waals surface area contributed by atoms with Crippen LogP contribution < -0.4 is 16.8 Å². The van der Waals surface area contributed by atoms with E-state index in [0.29, 0.717) is 11.9 Å². The molecule has 0 unspecified atom stereocenters. The minimum absolute atomic E-state index is 0. The maximum absolute atomic E-state index is 5.87. The van der Waals surface area contributed by atoms with Gasteiger partial charge in [-0.15, -0.1) is 36.2 Å². The molecule has 0 amide bonds. The van der Waals surface area contributed by atoms with E-state index in [1.807, 2.05) is 24.3 Å². The molecule has 0 saturated heterocycles. The molecule has 4 rings (SSSR count). The van der Waals surface area contributed by atoms with Crippen molar-refractivity contribution >= 4 is 47.9 Å². The molecule has 9 heteroatoms. The summed E-state index contributed by atoms with van der Waals surface area (Å²) in [6, 6.07) is 12.5. The third kappa shape index (κ3) is 5.32. The Bertz CT molecular complexity index is 883. The van der Waals surface area contributed by atoms with Gasteiger partial charge in [0.15, 0.2) is 0 Å². The van der Waals surface area contributed by atoms with Crippen LogP contribution in [0.4, 0.5) is 11.8 Å². The zero-order valence-corrected chi connectivity index (χ0v) is 17.7. The van der Waals surface area contributed by atoms with E-state index in [-0.39, 0.29) is 30.9 Å². The second-order valence-electron chi connectivity index (χ2n) is 6.63. The second kappa shape index (κ2) is 10.0.